The van der Waals surface area contributed by atoms with E-state index >= 15 is 0 Å². The number of aryl methyl sites for hydroxylation is 1. The number of nitrogens with two attached hydrogens (primary N) is 1. The van der Waals surface area contributed by atoms with Crippen molar-refractivity contribution < 1.29 is 4.79 Å². The van der Waals surface area contributed by atoms with Crippen molar-refractivity contribution in [2.75, 3.05) is 5.32 Å². The highest BCUT2D eigenvalue weighted by Gasteiger charge is 2.21. The maximum absolute atomic E-state index is 11.4. The van der Waals surface area contributed by atoms with E-state index in [0.29, 0.717) is 11.4 Å². The van der Waals surface area contributed by atoms with Crippen LogP contribution in [0.4, 0.5) is 5.69 Å². The molecule has 0 spiro atoms. The molecule has 4 heteroatoms. The van der Waals surface area contributed by atoms with E-state index in [4.69, 9.17) is 17.3 Å². The van der Waals surface area contributed by atoms with Crippen LogP contribution in [0.1, 0.15) is 28.3 Å². The molecule has 2 aromatic rings. The number of carbonyl (C=O) groups excluding carboxylic acids is 1. The minimum absolute atomic E-state index is 0.00493. The quantitative estimate of drug-likeness (QED) is 0.913. The number of carbonyl (C=O) groups is 1. The minimum atomic E-state index is -0.179. The molecule has 0 aliphatic carbocycles. The number of hydrogen-bond donors (Lipinski definition) is 2. The number of rotatable bonds is 3. The Hall–Kier alpha value is -1.84. The van der Waals surface area contributed by atoms with Gasteiger partial charge < -0.3 is 11.1 Å². The second-order valence-corrected chi connectivity index (χ2v) is 5.96. The minimum Gasteiger partial charge on any atom is -0.325 e. The van der Waals surface area contributed by atoms with Gasteiger partial charge in [0.1, 0.15) is 0 Å². The first-order chi connectivity index (χ1) is 10.0. The first kappa shape index (κ1) is 14.1. The zero-order valence-corrected chi connectivity index (χ0v) is 12.6. The van der Waals surface area contributed by atoms with Gasteiger partial charge in [-0.3, -0.25) is 4.79 Å². The van der Waals surface area contributed by atoms with Crippen LogP contribution in [0.15, 0.2) is 36.4 Å². The molecule has 0 saturated heterocycles. The number of halogens is 1. The third-order valence-corrected chi connectivity index (χ3v) is 4.15. The molecule has 0 fully saturated rings. The topological polar surface area (TPSA) is 55.1 Å². The van der Waals surface area contributed by atoms with Crippen LogP contribution in [0.5, 0.6) is 0 Å². The van der Waals surface area contributed by atoms with Gasteiger partial charge in [-0.05, 0) is 36.1 Å². The standard InChI is InChI=1S/C17H17ClN2O/c1-10-2-4-11(5-3-10)6-15(19)13-7-12-8-17(21)20-16(12)9-14(13)18/h2-5,7,9,15H,6,8,19H2,1H3,(H,20,21). The fourth-order valence-electron chi connectivity index (χ4n) is 2.64. The lowest BCUT2D eigenvalue weighted by atomic mass is 9.97. The molecule has 2 aromatic carbocycles. The van der Waals surface area contributed by atoms with Crippen molar-refractivity contribution in [3.63, 3.8) is 0 Å². The number of anilines is 1. The zero-order valence-electron chi connectivity index (χ0n) is 11.8. The highest BCUT2D eigenvalue weighted by molar-refractivity contribution is 6.32. The summed E-state index contributed by atoms with van der Waals surface area (Å²) in [5, 5.41) is 3.40. The van der Waals surface area contributed by atoms with Gasteiger partial charge in [0, 0.05) is 16.8 Å². The molecule has 0 aromatic heterocycles. The molecular weight excluding hydrogens is 284 g/mol. The van der Waals surface area contributed by atoms with Gasteiger partial charge in [-0.25, -0.2) is 0 Å². The number of benzene rings is 2. The van der Waals surface area contributed by atoms with Crippen LogP contribution in [0.3, 0.4) is 0 Å². The van der Waals surface area contributed by atoms with Crippen LogP contribution < -0.4 is 11.1 Å². The lowest BCUT2D eigenvalue weighted by Gasteiger charge is -2.15. The van der Waals surface area contributed by atoms with Crippen molar-refractivity contribution in [3.8, 4) is 0 Å². The fourth-order valence-corrected chi connectivity index (χ4v) is 2.94. The normalized spacial score (nSPS) is 14.7. The molecule has 21 heavy (non-hydrogen) atoms. The van der Waals surface area contributed by atoms with Crippen LogP contribution in [-0.4, -0.2) is 5.91 Å². The van der Waals surface area contributed by atoms with Gasteiger partial charge in [0.2, 0.25) is 5.91 Å². The Morgan fingerprint density at radius 2 is 2.00 bits per heavy atom. The molecular formula is C17H17ClN2O. The van der Waals surface area contributed by atoms with E-state index in [1.54, 1.807) is 6.07 Å². The molecule has 3 N–H and O–H groups in total. The van der Waals surface area contributed by atoms with E-state index in [-0.39, 0.29) is 11.9 Å². The number of hydrogen-bond acceptors (Lipinski definition) is 2. The first-order valence-corrected chi connectivity index (χ1v) is 7.34. The molecule has 1 aliphatic rings. The van der Waals surface area contributed by atoms with Crippen molar-refractivity contribution in [3.05, 3.63) is 63.7 Å². The third-order valence-electron chi connectivity index (χ3n) is 3.82. The summed E-state index contributed by atoms with van der Waals surface area (Å²) in [5.74, 6) is 0.00493. The van der Waals surface area contributed by atoms with E-state index in [0.717, 1.165) is 23.2 Å². The Morgan fingerprint density at radius 1 is 1.29 bits per heavy atom. The van der Waals surface area contributed by atoms with Gasteiger partial charge in [-0.15, -0.1) is 0 Å². The maximum atomic E-state index is 11.4. The highest BCUT2D eigenvalue weighted by atomic mass is 35.5. The molecule has 1 atom stereocenters. The van der Waals surface area contributed by atoms with Crippen molar-refractivity contribution in [1.29, 1.82) is 0 Å². The molecule has 1 heterocycles. The van der Waals surface area contributed by atoms with Crippen molar-refractivity contribution in [2.45, 2.75) is 25.8 Å². The van der Waals surface area contributed by atoms with E-state index in [2.05, 4.69) is 36.5 Å². The first-order valence-electron chi connectivity index (χ1n) is 6.96. The lowest BCUT2D eigenvalue weighted by molar-refractivity contribution is -0.115. The van der Waals surface area contributed by atoms with Gasteiger partial charge in [0.25, 0.3) is 0 Å². The molecule has 0 bridgehead atoms. The smallest absolute Gasteiger partial charge is 0.228 e. The summed E-state index contributed by atoms with van der Waals surface area (Å²) in [6.45, 7) is 2.06. The van der Waals surface area contributed by atoms with Crippen LogP contribution in [0.2, 0.25) is 5.02 Å². The third kappa shape index (κ3) is 2.94. The average molecular weight is 301 g/mol. The summed E-state index contributed by atoms with van der Waals surface area (Å²) in [6.07, 6.45) is 1.12. The van der Waals surface area contributed by atoms with Gasteiger partial charge >= 0.3 is 0 Å². The Bertz CT molecular complexity index is 695. The summed E-state index contributed by atoms with van der Waals surface area (Å²) in [4.78, 5) is 11.4. The zero-order chi connectivity index (χ0) is 15.0. The molecule has 1 amide bonds. The fraction of sp³-hybridized carbons (Fsp3) is 0.235. The van der Waals surface area contributed by atoms with E-state index in [1.165, 1.54) is 11.1 Å². The molecule has 0 saturated carbocycles. The summed E-state index contributed by atoms with van der Waals surface area (Å²) < 4.78 is 0. The second-order valence-electron chi connectivity index (χ2n) is 5.55. The predicted octanol–water partition coefficient (Wildman–Crippen LogP) is 3.39. The lowest BCUT2D eigenvalue weighted by Crippen LogP contribution is -2.14. The van der Waals surface area contributed by atoms with Crippen LogP contribution in [0, 0.1) is 6.92 Å². The molecule has 3 nitrogen and oxygen atoms in total. The summed E-state index contributed by atoms with van der Waals surface area (Å²) in [6, 6.07) is 11.9. The SMILES string of the molecule is Cc1ccc(CC(N)c2cc3c(cc2Cl)NC(=O)C3)cc1. The van der Waals surface area contributed by atoms with E-state index < -0.39 is 0 Å². The Kier molecular flexibility index (Phi) is 3.70. The largest absolute Gasteiger partial charge is 0.325 e. The summed E-state index contributed by atoms with van der Waals surface area (Å²) in [7, 11) is 0. The number of amides is 1. The molecule has 3 rings (SSSR count). The molecule has 0 radical (unpaired) electrons. The summed E-state index contributed by atoms with van der Waals surface area (Å²) >= 11 is 6.31. The van der Waals surface area contributed by atoms with Crippen LogP contribution >= 0.6 is 11.6 Å². The van der Waals surface area contributed by atoms with Crippen molar-refractivity contribution >= 4 is 23.2 Å². The maximum Gasteiger partial charge on any atom is 0.228 e. The van der Waals surface area contributed by atoms with Gasteiger partial charge in [-0.1, -0.05) is 47.5 Å². The Morgan fingerprint density at radius 3 is 2.71 bits per heavy atom. The Labute approximate surface area is 129 Å². The second kappa shape index (κ2) is 5.51. The van der Waals surface area contributed by atoms with Crippen molar-refractivity contribution in [1.82, 2.24) is 0 Å². The molecule has 1 aliphatic heterocycles. The van der Waals surface area contributed by atoms with E-state index in [1.807, 2.05) is 6.07 Å². The van der Waals surface area contributed by atoms with Crippen LogP contribution in [-0.2, 0) is 17.6 Å². The monoisotopic (exact) mass is 300 g/mol. The van der Waals surface area contributed by atoms with Crippen molar-refractivity contribution in [2.24, 2.45) is 5.73 Å². The summed E-state index contributed by atoms with van der Waals surface area (Å²) in [5.41, 5.74) is 11.4. The average Bonchev–Trinajstić information content (AvgIpc) is 2.79. The molecule has 108 valence electrons. The van der Waals surface area contributed by atoms with Crippen LogP contribution in [0.25, 0.3) is 0 Å². The van der Waals surface area contributed by atoms with Gasteiger partial charge in [0.05, 0.1) is 6.42 Å². The number of nitrogens with one attached hydrogen (secondary N) is 1. The van der Waals surface area contributed by atoms with Gasteiger partial charge in [0.15, 0.2) is 0 Å². The molecule has 1 unspecified atom stereocenters. The van der Waals surface area contributed by atoms with E-state index in [9.17, 15) is 4.79 Å². The Balaban J connectivity index is 1.85. The van der Waals surface area contributed by atoms with Gasteiger partial charge in [-0.2, -0.15) is 0 Å². The number of fused-ring (bicyclic) bond motifs is 1. The predicted molar refractivity (Wildman–Crippen MR) is 85.6 cm³/mol. The highest BCUT2D eigenvalue weighted by Crippen LogP contribution is 2.33.